The molecule has 1 aromatic rings. The molecule has 2 heterocycles. The summed E-state index contributed by atoms with van der Waals surface area (Å²) < 4.78 is 6.24. The van der Waals surface area contributed by atoms with E-state index in [9.17, 15) is 4.79 Å². The van der Waals surface area contributed by atoms with Gasteiger partial charge in [-0.1, -0.05) is 0 Å². The summed E-state index contributed by atoms with van der Waals surface area (Å²) in [5.74, 6) is 0.865. The maximum absolute atomic E-state index is 12.0. The molecule has 0 atom stereocenters. The molecule has 0 aromatic carbocycles. The van der Waals surface area contributed by atoms with Crippen LogP contribution in [0.3, 0.4) is 0 Å². The second kappa shape index (κ2) is 5.95. The van der Waals surface area contributed by atoms with E-state index < -0.39 is 5.60 Å². The Morgan fingerprint density at radius 1 is 1.30 bits per heavy atom. The van der Waals surface area contributed by atoms with Crippen LogP contribution < -0.4 is 4.90 Å². The van der Waals surface area contributed by atoms with Crippen molar-refractivity contribution in [3.05, 3.63) is 17.0 Å². The summed E-state index contributed by atoms with van der Waals surface area (Å²) in [5, 5.41) is 0. The Kier molecular flexibility index (Phi) is 4.47. The van der Waals surface area contributed by atoms with Crippen molar-refractivity contribution in [3.8, 4) is 0 Å². The Morgan fingerprint density at radius 2 is 1.95 bits per heavy atom. The summed E-state index contributed by atoms with van der Waals surface area (Å²) in [6.07, 6.45) is 3.00. The van der Waals surface area contributed by atoms with Gasteiger partial charge in [0.05, 0.1) is 4.47 Å². The predicted molar refractivity (Wildman–Crippen MR) is 79.8 cm³/mol. The van der Waals surface area contributed by atoms with Crippen LogP contribution >= 0.6 is 15.9 Å². The molecule has 0 N–H and O–H groups in total. The van der Waals surface area contributed by atoms with Crippen molar-refractivity contribution < 1.29 is 9.53 Å². The van der Waals surface area contributed by atoms with E-state index in [2.05, 4.69) is 30.8 Å². The molecule has 0 spiro atoms. The van der Waals surface area contributed by atoms with E-state index in [1.165, 1.54) is 6.33 Å². The molecule has 1 aliphatic rings. The molecular weight excluding hydrogens is 324 g/mol. The number of hydrogen-bond donors (Lipinski definition) is 0. The van der Waals surface area contributed by atoms with Crippen LogP contribution in [-0.2, 0) is 4.74 Å². The summed E-state index contributed by atoms with van der Waals surface area (Å²) in [5.41, 5.74) is -0.454. The van der Waals surface area contributed by atoms with Crippen LogP contribution in [0.5, 0.6) is 0 Å². The van der Waals surface area contributed by atoms with Crippen molar-refractivity contribution in [1.29, 1.82) is 0 Å². The summed E-state index contributed by atoms with van der Waals surface area (Å²) in [6, 6.07) is 0. The molecule has 1 aliphatic heterocycles. The zero-order valence-corrected chi connectivity index (χ0v) is 13.6. The van der Waals surface area contributed by atoms with Gasteiger partial charge in [0.25, 0.3) is 0 Å². The largest absolute Gasteiger partial charge is 0.444 e. The molecule has 110 valence electrons. The summed E-state index contributed by atoms with van der Waals surface area (Å²) in [7, 11) is 0. The maximum atomic E-state index is 12.0. The lowest BCUT2D eigenvalue weighted by molar-refractivity contribution is 0.0240. The number of piperazine rings is 1. The van der Waals surface area contributed by atoms with Gasteiger partial charge in [-0.3, -0.25) is 0 Å². The smallest absolute Gasteiger partial charge is 0.410 e. The van der Waals surface area contributed by atoms with Gasteiger partial charge < -0.3 is 14.5 Å². The van der Waals surface area contributed by atoms with Gasteiger partial charge in [0.1, 0.15) is 17.7 Å². The van der Waals surface area contributed by atoms with Crippen LogP contribution in [-0.4, -0.2) is 52.7 Å². The zero-order chi connectivity index (χ0) is 14.8. The van der Waals surface area contributed by atoms with Crippen LogP contribution in [0.15, 0.2) is 17.0 Å². The first-order valence-electron chi connectivity index (χ1n) is 6.55. The van der Waals surface area contributed by atoms with Gasteiger partial charge in [0.15, 0.2) is 0 Å². The Hall–Kier alpha value is -1.37. The molecular formula is C13H19BrN4O2. The van der Waals surface area contributed by atoms with Crippen molar-refractivity contribution in [3.63, 3.8) is 0 Å². The molecule has 0 saturated carbocycles. The van der Waals surface area contributed by atoms with Crippen molar-refractivity contribution >= 4 is 27.8 Å². The third-order valence-electron chi connectivity index (χ3n) is 2.88. The first kappa shape index (κ1) is 15.0. The lowest BCUT2D eigenvalue weighted by Crippen LogP contribution is -2.50. The highest BCUT2D eigenvalue weighted by Gasteiger charge is 2.26. The fourth-order valence-corrected chi connectivity index (χ4v) is 2.44. The second-order valence-electron chi connectivity index (χ2n) is 5.65. The fraction of sp³-hybridized carbons (Fsp3) is 0.615. The van der Waals surface area contributed by atoms with E-state index in [0.29, 0.717) is 13.1 Å². The highest BCUT2D eigenvalue weighted by Crippen LogP contribution is 2.23. The second-order valence-corrected chi connectivity index (χ2v) is 6.50. The lowest BCUT2D eigenvalue weighted by Gasteiger charge is -2.36. The summed E-state index contributed by atoms with van der Waals surface area (Å²) in [4.78, 5) is 24.1. The number of amides is 1. The van der Waals surface area contributed by atoms with Gasteiger partial charge in [-0.25, -0.2) is 14.8 Å². The molecule has 6 nitrogen and oxygen atoms in total. The third kappa shape index (κ3) is 3.82. The maximum Gasteiger partial charge on any atom is 0.410 e. The Labute approximate surface area is 127 Å². The number of carbonyl (C=O) groups is 1. The summed E-state index contributed by atoms with van der Waals surface area (Å²) in [6.45, 7) is 8.35. The van der Waals surface area contributed by atoms with Crippen LogP contribution in [0.2, 0.25) is 0 Å². The number of hydrogen-bond acceptors (Lipinski definition) is 5. The van der Waals surface area contributed by atoms with E-state index in [0.717, 1.165) is 23.4 Å². The molecule has 20 heavy (non-hydrogen) atoms. The third-order valence-corrected chi connectivity index (χ3v) is 3.44. The Morgan fingerprint density at radius 3 is 2.50 bits per heavy atom. The molecule has 1 saturated heterocycles. The van der Waals surface area contributed by atoms with E-state index in [1.807, 2.05) is 20.8 Å². The first-order valence-corrected chi connectivity index (χ1v) is 7.34. The molecule has 1 fully saturated rings. The SMILES string of the molecule is CC(C)(C)OC(=O)N1CCN(c2ncncc2Br)CC1. The standard InChI is InChI=1S/C13H19BrN4O2/c1-13(2,3)20-12(19)18-6-4-17(5-7-18)11-10(14)8-15-9-16-11/h8-9H,4-7H2,1-3H3. The topological polar surface area (TPSA) is 58.6 Å². The predicted octanol–water partition coefficient (Wildman–Crippen LogP) is 2.30. The van der Waals surface area contributed by atoms with E-state index >= 15 is 0 Å². The van der Waals surface area contributed by atoms with Crippen molar-refractivity contribution in [2.24, 2.45) is 0 Å². The minimum absolute atomic E-state index is 0.251. The molecule has 0 unspecified atom stereocenters. The average molecular weight is 343 g/mol. The average Bonchev–Trinajstić information content (AvgIpc) is 2.37. The highest BCUT2D eigenvalue weighted by molar-refractivity contribution is 9.10. The Bertz CT molecular complexity index is 482. The number of halogens is 1. The zero-order valence-electron chi connectivity index (χ0n) is 12.0. The van der Waals surface area contributed by atoms with E-state index in [4.69, 9.17) is 4.74 Å². The minimum Gasteiger partial charge on any atom is -0.444 e. The molecule has 1 aromatic heterocycles. The highest BCUT2D eigenvalue weighted by atomic mass is 79.9. The van der Waals surface area contributed by atoms with Gasteiger partial charge in [0.2, 0.25) is 0 Å². The van der Waals surface area contributed by atoms with Gasteiger partial charge in [-0.05, 0) is 36.7 Å². The molecule has 2 rings (SSSR count). The normalized spacial score (nSPS) is 16.2. The molecule has 0 radical (unpaired) electrons. The van der Waals surface area contributed by atoms with Crippen LogP contribution in [0.1, 0.15) is 20.8 Å². The fourth-order valence-electron chi connectivity index (χ4n) is 1.97. The van der Waals surface area contributed by atoms with Gasteiger partial charge >= 0.3 is 6.09 Å². The quantitative estimate of drug-likeness (QED) is 0.783. The number of rotatable bonds is 1. The van der Waals surface area contributed by atoms with E-state index in [1.54, 1.807) is 11.1 Å². The minimum atomic E-state index is -0.454. The number of carbonyl (C=O) groups excluding carboxylic acids is 1. The summed E-state index contributed by atoms with van der Waals surface area (Å²) >= 11 is 3.44. The van der Waals surface area contributed by atoms with E-state index in [-0.39, 0.29) is 6.09 Å². The van der Waals surface area contributed by atoms with Crippen LogP contribution in [0.4, 0.5) is 10.6 Å². The number of aromatic nitrogens is 2. The lowest BCUT2D eigenvalue weighted by atomic mass is 10.2. The number of anilines is 1. The first-order chi connectivity index (χ1) is 9.37. The molecule has 0 aliphatic carbocycles. The van der Waals surface area contributed by atoms with Crippen LogP contribution in [0.25, 0.3) is 0 Å². The molecule has 7 heteroatoms. The van der Waals surface area contributed by atoms with Gasteiger partial charge in [-0.15, -0.1) is 0 Å². The molecule has 0 bridgehead atoms. The van der Waals surface area contributed by atoms with Crippen LogP contribution in [0, 0.1) is 0 Å². The monoisotopic (exact) mass is 342 g/mol. The van der Waals surface area contributed by atoms with Crippen molar-refractivity contribution in [1.82, 2.24) is 14.9 Å². The van der Waals surface area contributed by atoms with Crippen molar-refractivity contribution in [2.45, 2.75) is 26.4 Å². The van der Waals surface area contributed by atoms with Gasteiger partial charge in [-0.2, -0.15) is 0 Å². The Balaban J connectivity index is 1.93. The molecule has 1 amide bonds. The van der Waals surface area contributed by atoms with Gasteiger partial charge in [0, 0.05) is 32.4 Å². The number of nitrogens with zero attached hydrogens (tertiary/aromatic N) is 4. The van der Waals surface area contributed by atoms with Crippen molar-refractivity contribution in [2.75, 3.05) is 31.1 Å². The number of ether oxygens (including phenoxy) is 1.